The maximum atomic E-state index is 5.52. The maximum absolute atomic E-state index is 5.52. The van der Waals surface area contributed by atoms with E-state index in [4.69, 9.17) is 10.5 Å². The normalized spacial score (nSPS) is 16.5. The summed E-state index contributed by atoms with van der Waals surface area (Å²) in [6, 6.07) is 0. The minimum Gasteiger partial charge on any atom is -0.378 e. The highest BCUT2D eigenvalue weighted by Crippen LogP contribution is 2.22. The zero-order chi connectivity index (χ0) is 9.10. The number of anilines is 1. The van der Waals surface area contributed by atoms with Crippen molar-refractivity contribution in [3.63, 3.8) is 0 Å². The Balaban J connectivity index is 0.000000980. The monoisotopic (exact) mass is 235 g/mol. The molecule has 0 atom stereocenters. The van der Waals surface area contributed by atoms with Crippen molar-refractivity contribution < 1.29 is 4.74 Å². The second kappa shape index (κ2) is 5.50. The third-order valence-corrected chi connectivity index (χ3v) is 3.10. The van der Waals surface area contributed by atoms with Crippen molar-refractivity contribution in [2.75, 3.05) is 31.2 Å². The predicted molar refractivity (Wildman–Crippen MR) is 60.3 cm³/mol. The molecule has 0 radical (unpaired) electrons. The second-order valence-corrected chi connectivity index (χ2v) is 4.01. The Morgan fingerprint density at radius 3 is 2.79 bits per heavy atom. The number of hydrogen-bond donors (Lipinski definition) is 1. The molecular weight excluding hydrogens is 222 g/mol. The Bertz CT molecular complexity index is 275. The number of halogens is 1. The van der Waals surface area contributed by atoms with Gasteiger partial charge in [0, 0.05) is 30.7 Å². The van der Waals surface area contributed by atoms with Crippen LogP contribution in [0.3, 0.4) is 0 Å². The van der Waals surface area contributed by atoms with E-state index in [-0.39, 0.29) is 12.4 Å². The van der Waals surface area contributed by atoms with Crippen molar-refractivity contribution >= 4 is 28.9 Å². The van der Waals surface area contributed by atoms with Crippen molar-refractivity contribution in [3.05, 3.63) is 11.1 Å². The minimum absolute atomic E-state index is 0. The third kappa shape index (κ3) is 2.57. The molecule has 1 aromatic heterocycles. The van der Waals surface area contributed by atoms with E-state index >= 15 is 0 Å². The largest absolute Gasteiger partial charge is 0.378 e. The number of nitrogens with two attached hydrogens (primary N) is 1. The number of thiazole rings is 1. The Hall–Kier alpha value is -0.360. The van der Waals surface area contributed by atoms with Crippen LogP contribution in [0.2, 0.25) is 0 Å². The molecule has 6 heteroatoms. The molecule has 80 valence electrons. The lowest BCUT2D eigenvalue weighted by Gasteiger charge is -2.25. The fourth-order valence-corrected chi connectivity index (χ4v) is 2.13. The van der Waals surface area contributed by atoms with Crippen LogP contribution in [0.5, 0.6) is 0 Å². The number of hydrogen-bond acceptors (Lipinski definition) is 5. The molecule has 2 N–H and O–H groups in total. The van der Waals surface area contributed by atoms with Crippen LogP contribution in [0.15, 0.2) is 6.20 Å². The van der Waals surface area contributed by atoms with E-state index in [9.17, 15) is 0 Å². The summed E-state index contributed by atoms with van der Waals surface area (Å²) < 4.78 is 5.26. The Labute approximate surface area is 93.5 Å². The molecule has 0 saturated carbocycles. The van der Waals surface area contributed by atoms with Crippen molar-refractivity contribution in [1.29, 1.82) is 0 Å². The van der Waals surface area contributed by atoms with Crippen molar-refractivity contribution in [1.82, 2.24) is 4.98 Å². The smallest absolute Gasteiger partial charge is 0.185 e. The highest BCUT2D eigenvalue weighted by molar-refractivity contribution is 7.15. The molecule has 0 amide bonds. The van der Waals surface area contributed by atoms with Crippen LogP contribution in [0.25, 0.3) is 0 Å². The lowest BCUT2D eigenvalue weighted by Crippen LogP contribution is -2.36. The van der Waals surface area contributed by atoms with Crippen LogP contribution < -0.4 is 10.6 Å². The zero-order valence-corrected chi connectivity index (χ0v) is 9.44. The zero-order valence-electron chi connectivity index (χ0n) is 7.81. The number of nitrogens with zero attached hydrogens (tertiary/aromatic N) is 2. The SMILES string of the molecule is Cl.NCc1cnc(N2CCOCC2)s1. The van der Waals surface area contributed by atoms with Crippen molar-refractivity contribution in [3.8, 4) is 0 Å². The molecule has 14 heavy (non-hydrogen) atoms. The van der Waals surface area contributed by atoms with Gasteiger partial charge in [0.15, 0.2) is 5.13 Å². The highest BCUT2D eigenvalue weighted by atomic mass is 35.5. The van der Waals surface area contributed by atoms with E-state index in [1.807, 2.05) is 6.20 Å². The van der Waals surface area contributed by atoms with Gasteiger partial charge in [0.05, 0.1) is 13.2 Å². The van der Waals surface area contributed by atoms with E-state index in [0.717, 1.165) is 36.3 Å². The van der Waals surface area contributed by atoms with Gasteiger partial charge in [-0.15, -0.1) is 23.7 Å². The summed E-state index contributed by atoms with van der Waals surface area (Å²) in [5.74, 6) is 0. The summed E-state index contributed by atoms with van der Waals surface area (Å²) in [5, 5.41) is 1.07. The van der Waals surface area contributed by atoms with Crippen LogP contribution in [-0.4, -0.2) is 31.3 Å². The van der Waals surface area contributed by atoms with Gasteiger partial charge in [-0.05, 0) is 0 Å². The molecule has 0 bridgehead atoms. The van der Waals surface area contributed by atoms with Crippen molar-refractivity contribution in [2.45, 2.75) is 6.54 Å². The molecule has 1 aliphatic heterocycles. The molecular formula is C8H14ClN3OS. The average molecular weight is 236 g/mol. The number of aromatic nitrogens is 1. The quantitative estimate of drug-likeness (QED) is 0.826. The van der Waals surface area contributed by atoms with E-state index in [2.05, 4.69) is 9.88 Å². The molecule has 0 spiro atoms. The van der Waals surface area contributed by atoms with E-state index in [0.29, 0.717) is 6.54 Å². The van der Waals surface area contributed by atoms with E-state index in [1.54, 1.807) is 11.3 Å². The first-order valence-corrected chi connectivity index (χ1v) is 5.19. The van der Waals surface area contributed by atoms with Gasteiger partial charge in [-0.3, -0.25) is 0 Å². The molecule has 0 aromatic carbocycles. The lowest BCUT2D eigenvalue weighted by atomic mass is 10.5. The molecule has 1 saturated heterocycles. The van der Waals surface area contributed by atoms with Crippen molar-refractivity contribution in [2.24, 2.45) is 5.73 Å². The fourth-order valence-electron chi connectivity index (χ4n) is 1.29. The van der Waals surface area contributed by atoms with Gasteiger partial charge in [-0.25, -0.2) is 4.98 Å². The summed E-state index contributed by atoms with van der Waals surface area (Å²) in [7, 11) is 0. The molecule has 0 aliphatic carbocycles. The molecule has 1 aliphatic rings. The van der Waals surface area contributed by atoms with E-state index in [1.165, 1.54) is 0 Å². The molecule has 2 rings (SSSR count). The van der Waals surface area contributed by atoms with Gasteiger partial charge < -0.3 is 15.4 Å². The molecule has 1 aromatic rings. The first-order chi connectivity index (χ1) is 6.40. The molecule has 2 heterocycles. The summed E-state index contributed by atoms with van der Waals surface area (Å²) in [4.78, 5) is 7.70. The molecule has 4 nitrogen and oxygen atoms in total. The number of rotatable bonds is 2. The summed E-state index contributed by atoms with van der Waals surface area (Å²) >= 11 is 1.67. The predicted octanol–water partition coefficient (Wildman–Crippen LogP) is 0.860. The summed E-state index contributed by atoms with van der Waals surface area (Å²) in [6.07, 6.45) is 1.86. The summed E-state index contributed by atoms with van der Waals surface area (Å²) in [6.45, 7) is 4.08. The van der Waals surface area contributed by atoms with Gasteiger partial charge >= 0.3 is 0 Å². The fraction of sp³-hybridized carbons (Fsp3) is 0.625. The lowest BCUT2D eigenvalue weighted by molar-refractivity contribution is 0.122. The van der Waals surface area contributed by atoms with Crippen LogP contribution >= 0.6 is 23.7 Å². The summed E-state index contributed by atoms with van der Waals surface area (Å²) in [5.41, 5.74) is 5.52. The van der Waals surface area contributed by atoms with Crippen LogP contribution in [0.1, 0.15) is 4.88 Å². The minimum atomic E-state index is 0. The second-order valence-electron chi connectivity index (χ2n) is 2.91. The first-order valence-electron chi connectivity index (χ1n) is 4.37. The Morgan fingerprint density at radius 1 is 1.50 bits per heavy atom. The molecule has 1 fully saturated rings. The standard InChI is InChI=1S/C8H13N3OS.ClH/c9-5-7-6-10-8(13-7)11-1-3-12-4-2-11;/h6H,1-5,9H2;1H. The average Bonchev–Trinajstić information content (AvgIpc) is 2.67. The topological polar surface area (TPSA) is 51.4 Å². The van der Waals surface area contributed by atoms with Crippen LogP contribution in [0, 0.1) is 0 Å². The number of morpholine rings is 1. The van der Waals surface area contributed by atoms with Crippen LogP contribution in [-0.2, 0) is 11.3 Å². The Morgan fingerprint density at radius 2 is 2.21 bits per heavy atom. The Kier molecular flexibility index (Phi) is 4.60. The van der Waals surface area contributed by atoms with E-state index < -0.39 is 0 Å². The van der Waals surface area contributed by atoms with Gasteiger partial charge in [-0.2, -0.15) is 0 Å². The third-order valence-electron chi connectivity index (χ3n) is 2.02. The van der Waals surface area contributed by atoms with Gasteiger partial charge in [-0.1, -0.05) is 0 Å². The first kappa shape index (κ1) is 11.7. The van der Waals surface area contributed by atoms with Gasteiger partial charge in [0.1, 0.15) is 0 Å². The highest BCUT2D eigenvalue weighted by Gasteiger charge is 2.13. The van der Waals surface area contributed by atoms with Crippen LogP contribution in [0.4, 0.5) is 5.13 Å². The van der Waals surface area contributed by atoms with Gasteiger partial charge in [0.25, 0.3) is 0 Å². The maximum Gasteiger partial charge on any atom is 0.185 e. The molecule has 0 unspecified atom stereocenters. The number of ether oxygens (including phenoxy) is 1. The van der Waals surface area contributed by atoms with Gasteiger partial charge in [0.2, 0.25) is 0 Å².